The van der Waals surface area contributed by atoms with Crippen LogP contribution in [0.4, 0.5) is 10.5 Å². The number of urea groups is 1. The van der Waals surface area contributed by atoms with Crippen LogP contribution in [0.1, 0.15) is 6.92 Å². The molecule has 88 valence electrons. The molecule has 0 saturated heterocycles. The van der Waals surface area contributed by atoms with Crippen molar-refractivity contribution in [1.82, 2.24) is 5.48 Å². The van der Waals surface area contributed by atoms with Crippen LogP contribution >= 0.6 is 7.60 Å². The highest BCUT2D eigenvalue weighted by Crippen LogP contribution is 2.39. The van der Waals surface area contributed by atoms with Gasteiger partial charge in [-0.05, 0) is 12.1 Å². The second kappa shape index (κ2) is 5.65. The molecule has 1 aromatic carbocycles. The zero-order chi connectivity index (χ0) is 12.0. The number of anilines is 1. The first-order chi connectivity index (χ1) is 7.53. The highest BCUT2D eigenvalue weighted by atomic mass is 31.2. The zero-order valence-electron chi connectivity index (χ0n) is 8.71. The quantitative estimate of drug-likeness (QED) is 0.558. The highest BCUT2D eigenvalue weighted by Gasteiger charge is 2.17. The van der Waals surface area contributed by atoms with Crippen molar-refractivity contribution in [2.45, 2.75) is 6.92 Å². The summed E-state index contributed by atoms with van der Waals surface area (Å²) in [6.07, 6.45) is -0.0708. The molecule has 7 heteroatoms. The third-order valence-corrected chi connectivity index (χ3v) is 2.89. The summed E-state index contributed by atoms with van der Waals surface area (Å²) < 4.78 is 15.4. The number of hydrogen-bond acceptors (Lipinski definition) is 3. The lowest BCUT2D eigenvalue weighted by Crippen LogP contribution is -2.28. The maximum absolute atomic E-state index is 11.2. The van der Waals surface area contributed by atoms with Crippen LogP contribution in [0, 0.1) is 0 Å². The topological polar surface area (TPSA) is 87.7 Å². The molecule has 0 aromatic heterocycles. The lowest BCUT2D eigenvalue weighted by Gasteiger charge is -2.10. The number of nitrogens with one attached hydrogen (secondary N) is 2. The molecule has 1 rings (SSSR count). The van der Waals surface area contributed by atoms with E-state index < -0.39 is 13.6 Å². The molecule has 0 aliphatic heterocycles. The summed E-state index contributed by atoms with van der Waals surface area (Å²) >= 11 is 0. The second-order valence-corrected chi connectivity index (χ2v) is 5.06. The monoisotopic (exact) mass is 244 g/mol. The number of carbonyl (C=O) groups excluding carboxylic acids is 1. The van der Waals surface area contributed by atoms with Gasteiger partial charge in [0.05, 0.1) is 0 Å². The number of para-hydroxylation sites is 1. The Bertz CT molecular complexity index is 396. The van der Waals surface area contributed by atoms with Gasteiger partial charge in [-0.3, -0.25) is 4.57 Å². The lowest BCUT2D eigenvalue weighted by atomic mass is 10.3. The molecule has 0 spiro atoms. The van der Waals surface area contributed by atoms with Gasteiger partial charge in [0, 0.05) is 11.8 Å². The van der Waals surface area contributed by atoms with Crippen LogP contribution in [0.25, 0.3) is 0 Å². The maximum Gasteiger partial charge on any atom is 0.349 e. The Morgan fingerprint density at radius 1 is 1.44 bits per heavy atom. The molecule has 0 heterocycles. The summed E-state index contributed by atoms with van der Waals surface area (Å²) in [6.45, 7) is 1.48. The zero-order valence-corrected chi connectivity index (χ0v) is 9.61. The van der Waals surface area contributed by atoms with Gasteiger partial charge >= 0.3 is 13.6 Å². The summed E-state index contributed by atoms with van der Waals surface area (Å²) in [5.74, 6) is 0. The Balaban J connectivity index is 2.41. The number of carbonyl (C=O) groups is 1. The number of hydrogen-bond donors (Lipinski definition) is 3. The number of rotatable bonds is 4. The first-order valence-corrected chi connectivity index (χ1v) is 6.42. The van der Waals surface area contributed by atoms with Crippen molar-refractivity contribution >= 4 is 19.3 Å². The summed E-state index contributed by atoms with van der Waals surface area (Å²) in [7, 11) is -3.70. The van der Waals surface area contributed by atoms with Crippen LogP contribution in [0.2, 0.25) is 0 Å². The molecule has 0 radical (unpaired) electrons. The third kappa shape index (κ3) is 4.44. The predicted molar refractivity (Wildman–Crippen MR) is 60.0 cm³/mol. The van der Waals surface area contributed by atoms with Crippen LogP contribution in [-0.4, -0.2) is 17.1 Å². The highest BCUT2D eigenvalue weighted by molar-refractivity contribution is 7.52. The van der Waals surface area contributed by atoms with Gasteiger partial charge in [0.2, 0.25) is 0 Å². The molecule has 0 aliphatic carbocycles. The molecule has 16 heavy (non-hydrogen) atoms. The number of benzene rings is 1. The van der Waals surface area contributed by atoms with E-state index in [9.17, 15) is 9.36 Å². The van der Waals surface area contributed by atoms with Crippen molar-refractivity contribution < 1.29 is 18.9 Å². The van der Waals surface area contributed by atoms with Crippen LogP contribution in [0.15, 0.2) is 30.3 Å². The minimum atomic E-state index is -3.70. The molecule has 0 aliphatic rings. The van der Waals surface area contributed by atoms with E-state index in [1.54, 1.807) is 30.3 Å². The summed E-state index contributed by atoms with van der Waals surface area (Å²) in [5, 5.41) is 2.43. The molecule has 1 atom stereocenters. The Kier molecular flexibility index (Phi) is 4.49. The van der Waals surface area contributed by atoms with Crippen molar-refractivity contribution in [2.24, 2.45) is 0 Å². The van der Waals surface area contributed by atoms with Gasteiger partial charge in [0.25, 0.3) is 0 Å². The minimum absolute atomic E-state index is 0.0708. The molecule has 0 fully saturated rings. The summed E-state index contributed by atoms with van der Waals surface area (Å²) in [5.41, 5.74) is 2.42. The van der Waals surface area contributed by atoms with E-state index in [0.29, 0.717) is 5.69 Å². The molecule has 0 bridgehead atoms. The summed E-state index contributed by atoms with van der Waals surface area (Å²) in [4.78, 5) is 20.2. The van der Waals surface area contributed by atoms with Gasteiger partial charge in [0.15, 0.2) is 0 Å². The lowest BCUT2D eigenvalue weighted by molar-refractivity contribution is 0.171. The first-order valence-electron chi connectivity index (χ1n) is 4.66. The largest absolute Gasteiger partial charge is 0.349 e. The Hall–Kier alpha value is -1.36. The van der Waals surface area contributed by atoms with E-state index >= 15 is 0 Å². The Labute approximate surface area is 93.1 Å². The van der Waals surface area contributed by atoms with Gasteiger partial charge in [-0.25, -0.2) is 10.3 Å². The van der Waals surface area contributed by atoms with Crippen LogP contribution in [0.5, 0.6) is 0 Å². The normalized spacial score (nSPS) is 13.9. The van der Waals surface area contributed by atoms with Crippen LogP contribution < -0.4 is 10.8 Å². The fourth-order valence-electron chi connectivity index (χ4n) is 0.855. The van der Waals surface area contributed by atoms with Crippen LogP contribution in [-0.2, 0) is 9.19 Å². The molecule has 1 aromatic rings. The standard InChI is InChI=1S/C9H13N2O4P/c1-2-16(13,14)15-11-9(12)10-8-6-4-3-5-7-8/h3-7H,2H2,1H3,(H,13,14)(H2,10,11,12). The third-order valence-electron chi connectivity index (χ3n) is 1.71. The van der Waals surface area contributed by atoms with Gasteiger partial charge in [-0.1, -0.05) is 25.1 Å². The molecular weight excluding hydrogens is 231 g/mol. The average molecular weight is 244 g/mol. The van der Waals surface area contributed by atoms with E-state index in [1.807, 2.05) is 5.48 Å². The Morgan fingerprint density at radius 3 is 2.62 bits per heavy atom. The maximum atomic E-state index is 11.2. The molecule has 1 unspecified atom stereocenters. The molecule has 6 nitrogen and oxygen atoms in total. The van der Waals surface area contributed by atoms with Crippen molar-refractivity contribution in [3.63, 3.8) is 0 Å². The fraction of sp³-hybridized carbons (Fsp3) is 0.222. The minimum Gasteiger partial charge on any atom is -0.323 e. The second-order valence-electron chi connectivity index (χ2n) is 2.97. The molecule has 2 amide bonds. The van der Waals surface area contributed by atoms with Gasteiger partial charge in [0.1, 0.15) is 0 Å². The SMILES string of the molecule is CCP(=O)(O)ONC(=O)Nc1ccccc1. The van der Waals surface area contributed by atoms with Gasteiger partial charge in [-0.15, -0.1) is 0 Å². The van der Waals surface area contributed by atoms with Crippen molar-refractivity contribution in [1.29, 1.82) is 0 Å². The average Bonchev–Trinajstić information content (AvgIpc) is 2.28. The van der Waals surface area contributed by atoms with Crippen LogP contribution in [0.3, 0.4) is 0 Å². The van der Waals surface area contributed by atoms with E-state index in [-0.39, 0.29) is 6.16 Å². The van der Waals surface area contributed by atoms with Gasteiger partial charge in [-0.2, -0.15) is 4.62 Å². The number of hydroxylamine groups is 1. The van der Waals surface area contributed by atoms with Crippen molar-refractivity contribution in [2.75, 3.05) is 11.5 Å². The molecule has 0 saturated carbocycles. The Morgan fingerprint density at radius 2 is 2.06 bits per heavy atom. The molecular formula is C9H13N2O4P. The van der Waals surface area contributed by atoms with Crippen molar-refractivity contribution in [3.8, 4) is 0 Å². The number of amides is 2. The van der Waals surface area contributed by atoms with Crippen molar-refractivity contribution in [3.05, 3.63) is 30.3 Å². The van der Waals surface area contributed by atoms with E-state index in [2.05, 4.69) is 9.94 Å². The smallest absolute Gasteiger partial charge is 0.323 e. The van der Waals surface area contributed by atoms with E-state index in [0.717, 1.165) is 0 Å². The summed E-state index contributed by atoms with van der Waals surface area (Å²) in [6, 6.07) is 7.96. The van der Waals surface area contributed by atoms with E-state index in [4.69, 9.17) is 4.89 Å². The van der Waals surface area contributed by atoms with Gasteiger partial charge < -0.3 is 10.2 Å². The predicted octanol–water partition coefficient (Wildman–Crippen LogP) is 1.94. The first kappa shape index (κ1) is 12.7. The van der Waals surface area contributed by atoms with E-state index in [1.165, 1.54) is 6.92 Å². The molecule has 3 N–H and O–H groups in total. The fourth-order valence-corrected chi connectivity index (χ4v) is 1.21.